The van der Waals surface area contributed by atoms with Gasteiger partial charge in [-0.3, -0.25) is 0 Å². The number of aliphatic hydroxyl groups excluding tert-OH is 3. The Morgan fingerprint density at radius 1 is 0.600 bits per heavy atom. The molecule has 0 fully saturated rings. The average molecular weight is 593 g/mol. The average Bonchev–Trinajstić information content (AvgIpc) is 2.62. The molecule has 0 aliphatic heterocycles. The molecule has 10 nitrogen and oxygen atoms in total. The number of hydrogen-bond donors (Lipinski definition) is 3. The summed E-state index contributed by atoms with van der Waals surface area (Å²) in [6.45, 7) is 25.0. The van der Waals surface area contributed by atoms with Crippen molar-refractivity contribution in [3.05, 3.63) is 0 Å². The van der Waals surface area contributed by atoms with Crippen LogP contribution in [0.2, 0.25) is 58.4 Å². The Hall–Kier alpha value is 0.684. The van der Waals surface area contributed by atoms with E-state index in [2.05, 4.69) is 20.0 Å². The normalized spacial score (nSPS) is 20.6. The van der Waals surface area contributed by atoms with E-state index in [9.17, 15) is 15.3 Å². The fourth-order valence-corrected chi connectivity index (χ4v) is 25.2. The first-order valence-electron chi connectivity index (χ1n) is 12.5. The SMILES string of the molecule is CCO[Si](C)(O[C@H]([C@H](O)[C@@H](C)O)[C@H](C)O)O[Si](C)(OCC)O[Si](C)(C)O[Si](C)(C)O[Si](C)(C)CC. The van der Waals surface area contributed by atoms with Crippen molar-refractivity contribution in [2.45, 2.75) is 117 Å². The zero-order chi connectivity index (χ0) is 27.9. The van der Waals surface area contributed by atoms with Gasteiger partial charge in [0.25, 0.3) is 0 Å². The number of hydrogen-bond acceptors (Lipinski definition) is 10. The van der Waals surface area contributed by atoms with E-state index >= 15 is 0 Å². The highest BCUT2D eigenvalue weighted by Gasteiger charge is 2.54. The summed E-state index contributed by atoms with van der Waals surface area (Å²) >= 11 is 0. The minimum atomic E-state index is -3.52. The Labute approximate surface area is 218 Å². The fraction of sp³-hybridized carbons (Fsp3) is 1.00. The fourth-order valence-electron chi connectivity index (χ4n) is 3.82. The predicted molar refractivity (Wildman–Crippen MR) is 148 cm³/mol. The first kappa shape index (κ1) is 35.7. The lowest BCUT2D eigenvalue weighted by Crippen LogP contribution is -2.63. The summed E-state index contributed by atoms with van der Waals surface area (Å²) in [7, 11) is -14.0. The third-order valence-electron chi connectivity index (χ3n) is 5.14. The maximum absolute atomic E-state index is 10.4. The van der Waals surface area contributed by atoms with Gasteiger partial charge in [-0.1, -0.05) is 6.92 Å². The second-order valence-corrected chi connectivity index (χ2v) is 27.8. The van der Waals surface area contributed by atoms with E-state index in [1.807, 2.05) is 33.1 Å². The Morgan fingerprint density at radius 3 is 1.46 bits per heavy atom. The summed E-state index contributed by atoms with van der Waals surface area (Å²) < 4.78 is 44.0. The molecule has 0 saturated heterocycles. The van der Waals surface area contributed by atoms with Crippen LogP contribution in [-0.2, 0) is 29.7 Å². The summed E-state index contributed by atoms with van der Waals surface area (Å²) in [6, 6.07) is 0.989. The molecule has 212 valence electrons. The summed E-state index contributed by atoms with van der Waals surface area (Å²) in [5.41, 5.74) is 0. The highest BCUT2D eigenvalue weighted by molar-refractivity contribution is 6.88. The first-order chi connectivity index (χ1) is 15.7. The van der Waals surface area contributed by atoms with Crippen molar-refractivity contribution in [2.24, 2.45) is 0 Å². The molecule has 0 rings (SSSR count). The summed E-state index contributed by atoms with van der Waals surface area (Å²) in [5, 5.41) is 30.5. The lowest BCUT2D eigenvalue weighted by molar-refractivity contribution is -0.106. The minimum absolute atomic E-state index is 0.276. The molecule has 3 N–H and O–H groups in total. The molecule has 0 bridgehead atoms. The van der Waals surface area contributed by atoms with Crippen molar-refractivity contribution in [3.63, 3.8) is 0 Å². The summed E-state index contributed by atoms with van der Waals surface area (Å²) in [6.07, 6.45) is -4.67. The molecule has 0 heterocycles. The molecule has 0 aliphatic carbocycles. The van der Waals surface area contributed by atoms with E-state index in [1.54, 1.807) is 20.0 Å². The molecule has 0 radical (unpaired) electrons. The van der Waals surface area contributed by atoms with Gasteiger partial charge in [0.1, 0.15) is 12.2 Å². The second kappa shape index (κ2) is 14.2. The van der Waals surface area contributed by atoms with Gasteiger partial charge in [0.15, 0.2) is 8.32 Å². The van der Waals surface area contributed by atoms with Crippen LogP contribution < -0.4 is 0 Å². The van der Waals surface area contributed by atoms with Crippen LogP contribution >= 0.6 is 0 Å². The smallest absolute Gasteiger partial charge is 0.436 e. The van der Waals surface area contributed by atoms with Gasteiger partial charge in [0, 0.05) is 26.3 Å². The molecule has 15 heteroatoms. The van der Waals surface area contributed by atoms with Gasteiger partial charge in [0.05, 0.1) is 12.2 Å². The van der Waals surface area contributed by atoms with Crippen LogP contribution in [0.5, 0.6) is 0 Å². The van der Waals surface area contributed by atoms with E-state index in [4.69, 9.17) is 29.7 Å². The van der Waals surface area contributed by atoms with Gasteiger partial charge in [0.2, 0.25) is 0 Å². The van der Waals surface area contributed by atoms with E-state index < -0.39 is 67.5 Å². The number of rotatable bonds is 18. The Kier molecular flexibility index (Phi) is 14.5. The van der Waals surface area contributed by atoms with Crippen molar-refractivity contribution in [2.75, 3.05) is 13.2 Å². The van der Waals surface area contributed by atoms with Crippen molar-refractivity contribution >= 4 is 43.0 Å². The quantitative estimate of drug-likeness (QED) is 0.204. The van der Waals surface area contributed by atoms with Gasteiger partial charge >= 0.3 is 34.7 Å². The number of aliphatic hydroxyl groups is 3. The molecule has 35 heavy (non-hydrogen) atoms. The van der Waals surface area contributed by atoms with Crippen LogP contribution in [-0.4, -0.2) is 96.0 Å². The maximum Gasteiger partial charge on any atom is 0.490 e. The van der Waals surface area contributed by atoms with Crippen LogP contribution in [0.4, 0.5) is 0 Å². The van der Waals surface area contributed by atoms with Gasteiger partial charge in [-0.15, -0.1) is 0 Å². The maximum atomic E-state index is 10.4. The minimum Gasteiger partial charge on any atom is -0.436 e. The molecule has 0 aromatic heterocycles. The monoisotopic (exact) mass is 592 g/mol. The standard InChI is InChI=1S/C20H52O10Si5/c1-14-24-34(12,26-20(18(5)22)19(23)17(4)21)30-35(13,25-15-2)29-33(10,11)28-32(8,9)27-31(6,7)16-3/h17-23H,14-16H2,1-13H3/t17-,18+,19-,20+,34?,35?/m1/s1. The Bertz CT molecular complexity index is 625. The molecule has 0 aromatic rings. The second-order valence-electron chi connectivity index (χ2n) is 10.5. The molecular weight excluding hydrogens is 541 g/mol. The van der Waals surface area contributed by atoms with Crippen LogP contribution in [0.3, 0.4) is 0 Å². The van der Waals surface area contributed by atoms with Crippen LogP contribution in [0.15, 0.2) is 0 Å². The van der Waals surface area contributed by atoms with Crippen LogP contribution in [0.25, 0.3) is 0 Å². The lowest BCUT2D eigenvalue weighted by atomic mass is 10.1. The molecule has 0 aromatic carbocycles. The topological polar surface area (TPSA) is 125 Å². The zero-order valence-corrected chi connectivity index (χ0v) is 29.1. The molecule has 0 spiro atoms. The Balaban J connectivity index is 5.90. The third kappa shape index (κ3) is 13.3. The van der Waals surface area contributed by atoms with Crippen molar-refractivity contribution in [1.82, 2.24) is 0 Å². The van der Waals surface area contributed by atoms with Gasteiger partial charge < -0.3 is 45.1 Å². The van der Waals surface area contributed by atoms with E-state index in [0.717, 1.165) is 6.04 Å². The zero-order valence-electron chi connectivity index (χ0n) is 24.1. The lowest BCUT2D eigenvalue weighted by Gasteiger charge is -2.43. The first-order valence-corrected chi connectivity index (χ1v) is 25.7. The molecule has 0 amide bonds. The third-order valence-corrected chi connectivity index (χ3v) is 23.7. The van der Waals surface area contributed by atoms with Crippen molar-refractivity contribution in [1.29, 1.82) is 0 Å². The largest absolute Gasteiger partial charge is 0.490 e. The molecule has 0 saturated carbocycles. The summed E-state index contributed by atoms with van der Waals surface area (Å²) in [4.78, 5) is 0. The van der Waals surface area contributed by atoms with Gasteiger partial charge in [-0.2, -0.15) is 0 Å². The molecular formula is C20H52O10Si5. The van der Waals surface area contributed by atoms with E-state index in [1.165, 1.54) is 13.8 Å². The Morgan fingerprint density at radius 2 is 1.06 bits per heavy atom. The highest BCUT2D eigenvalue weighted by Crippen LogP contribution is 2.29. The van der Waals surface area contributed by atoms with Crippen molar-refractivity contribution in [3.8, 4) is 0 Å². The molecule has 6 atom stereocenters. The van der Waals surface area contributed by atoms with Crippen LogP contribution in [0.1, 0.15) is 34.6 Å². The molecule has 0 aliphatic rings. The van der Waals surface area contributed by atoms with Gasteiger partial charge in [-0.25, -0.2) is 0 Å². The van der Waals surface area contributed by atoms with E-state index in [0.29, 0.717) is 6.61 Å². The summed E-state index contributed by atoms with van der Waals surface area (Å²) in [5.74, 6) is 0. The predicted octanol–water partition coefficient (Wildman–Crippen LogP) is 3.40. The highest BCUT2D eigenvalue weighted by atomic mass is 28.5. The van der Waals surface area contributed by atoms with Crippen molar-refractivity contribution < 1.29 is 45.1 Å². The van der Waals surface area contributed by atoms with Gasteiger partial charge in [-0.05, 0) is 73.0 Å². The molecule has 2 unspecified atom stereocenters. The van der Waals surface area contributed by atoms with Crippen LogP contribution in [0, 0.1) is 0 Å². The van der Waals surface area contributed by atoms with E-state index in [-0.39, 0.29) is 6.61 Å².